The molecule has 0 spiro atoms. The highest BCUT2D eigenvalue weighted by Gasteiger charge is 2.24. The lowest BCUT2D eigenvalue weighted by molar-refractivity contribution is 0.0536. The fourth-order valence-corrected chi connectivity index (χ4v) is 5.11. The predicted molar refractivity (Wildman–Crippen MR) is 155 cm³/mol. The van der Waals surface area contributed by atoms with Crippen LogP contribution < -0.4 is 11.2 Å². The Kier molecular flexibility index (Phi) is 6.86. The van der Waals surface area contributed by atoms with E-state index in [4.69, 9.17) is 9.72 Å². The van der Waals surface area contributed by atoms with E-state index >= 15 is 0 Å². The molecule has 0 aliphatic carbocycles. The molecule has 0 amide bonds. The Morgan fingerprint density at radius 2 is 1.63 bits per heavy atom. The number of aromatic amines is 1. The number of imidazole rings is 1. The zero-order valence-electron chi connectivity index (χ0n) is 22.9. The smallest absolute Gasteiger partial charge is 0.339 e. The van der Waals surface area contributed by atoms with Crippen LogP contribution in [0, 0.1) is 0 Å². The first-order valence-corrected chi connectivity index (χ1v) is 13.3. The number of methoxy groups -OCH3 is 1. The van der Waals surface area contributed by atoms with Gasteiger partial charge in [0, 0.05) is 25.6 Å². The van der Waals surface area contributed by atoms with Gasteiger partial charge in [-0.05, 0) is 46.2 Å². The maximum atomic E-state index is 13.9. The average Bonchev–Trinajstić information content (AvgIpc) is 3.67. The molecule has 6 rings (SSSR count). The topological polar surface area (TPSA) is 126 Å². The number of aromatic nitrogens is 8. The van der Waals surface area contributed by atoms with E-state index in [0.717, 1.165) is 26.8 Å². The Morgan fingerprint density at radius 3 is 2.29 bits per heavy atom. The van der Waals surface area contributed by atoms with Crippen LogP contribution in [0.15, 0.2) is 88.5 Å². The molecule has 3 heterocycles. The molecule has 11 heteroatoms. The number of ether oxygens (including phenoxy) is 1. The third-order valence-electron chi connectivity index (χ3n) is 7.23. The highest BCUT2D eigenvalue weighted by Crippen LogP contribution is 2.30. The number of H-pyrrole nitrogens is 1. The third-order valence-corrected chi connectivity index (χ3v) is 7.23. The molecular weight excluding hydrogens is 520 g/mol. The lowest BCUT2D eigenvalue weighted by atomic mass is 9.98. The van der Waals surface area contributed by atoms with Crippen LogP contribution in [-0.2, 0) is 17.7 Å². The second-order valence-electron chi connectivity index (χ2n) is 9.60. The van der Waals surface area contributed by atoms with Gasteiger partial charge in [-0.3, -0.25) is 4.79 Å². The van der Waals surface area contributed by atoms with Gasteiger partial charge in [-0.1, -0.05) is 73.7 Å². The largest absolute Gasteiger partial charge is 0.361 e. The highest BCUT2D eigenvalue weighted by atomic mass is 16.5. The van der Waals surface area contributed by atoms with Crippen molar-refractivity contribution in [1.29, 1.82) is 0 Å². The van der Waals surface area contributed by atoms with Crippen molar-refractivity contribution in [2.45, 2.75) is 33.0 Å². The monoisotopic (exact) mass is 548 g/mol. The van der Waals surface area contributed by atoms with Crippen molar-refractivity contribution in [3.05, 3.63) is 111 Å². The van der Waals surface area contributed by atoms with Crippen LogP contribution >= 0.6 is 0 Å². The number of hydrogen-bond donors (Lipinski definition) is 1. The molecule has 0 aliphatic heterocycles. The van der Waals surface area contributed by atoms with E-state index in [1.54, 1.807) is 6.92 Å². The third kappa shape index (κ3) is 4.55. The van der Waals surface area contributed by atoms with Gasteiger partial charge in [0.05, 0.1) is 5.69 Å². The number of hydrogen-bond acceptors (Lipinski definition) is 7. The molecule has 3 aromatic carbocycles. The van der Waals surface area contributed by atoms with Gasteiger partial charge in [0.1, 0.15) is 12.1 Å². The van der Waals surface area contributed by atoms with Crippen molar-refractivity contribution in [1.82, 2.24) is 39.3 Å². The Hall–Kier alpha value is -5.16. The van der Waals surface area contributed by atoms with Crippen LogP contribution in [0.4, 0.5) is 0 Å². The second-order valence-corrected chi connectivity index (χ2v) is 9.60. The summed E-state index contributed by atoms with van der Waals surface area (Å²) in [4.78, 5) is 32.3. The van der Waals surface area contributed by atoms with Crippen LogP contribution in [-0.4, -0.2) is 46.4 Å². The van der Waals surface area contributed by atoms with Crippen LogP contribution in [0.25, 0.3) is 39.4 Å². The SMILES string of the molecule is CCc1nc2c(c(=O)n(C(C)OC)c(=O)n2-c2ccccc2)n1Cc1ccc(-c2ccccc2-c2nnn[nH]2)cc1. The standard InChI is InChI=1S/C30H28N8O3/c1-4-25-31-28-26(29(39)37(19(2)41-3)30(40)38(28)22-10-6-5-7-11-22)36(25)18-20-14-16-21(17-15-20)23-12-8-9-13-24(23)27-32-34-35-33-27/h5-17,19H,4,18H2,1-3H3,(H,32,33,34,35). The summed E-state index contributed by atoms with van der Waals surface area (Å²) in [5.41, 5.74) is 4.22. The number of aryl methyl sites for hydroxylation is 1. The molecule has 0 saturated carbocycles. The van der Waals surface area contributed by atoms with Gasteiger partial charge < -0.3 is 9.30 Å². The first-order chi connectivity index (χ1) is 20.0. The van der Waals surface area contributed by atoms with Crippen LogP contribution in [0.5, 0.6) is 0 Å². The second kappa shape index (κ2) is 10.8. The van der Waals surface area contributed by atoms with Crippen molar-refractivity contribution >= 4 is 11.2 Å². The van der Waals surface area contributed by atoms with E-state index in [2.05, 4.69) is 20.6 Å². The summed E-state index contributed by atoms with van der Waals surface area (Å²) in [6.45, 7) is 4.06. The van der Waals surface area contributed by atoms with Crippen LogP contribution in [0.2, 0.25) is 0 Å². The Bertz CT molecular complexity index is 1940. The van der Waals surface area contributed by atoms with E-state index < -0.39 is 17.5 Å². The lowest BCUT2D eigenvalue weighted by Gasteiger charge is -2.16. The molecule has 6 aromatic rings. The molecule has 11 nitrogen and oxygen atoms in total. The molecule has 0 bridgehead atoms. The molecule has 1 N–H and O–H groups in total. The number of tetrazole rings is 1. The minimum atomic E-state index is -0.762. The van der Waals surface area contributed by atoms with Gasteiger partial charge in [0.2, 0.25) is 0 Å². The summed E-state index contributed by atoms with van der Waals surface area (Å²) in [5.74, 6) is 1.30. The van der Waals surface area contributed by atoms with E-state index in [1.165, 1.54) is 11.7 Å². The van der Waals surface area contributed by atoms with Crippen molar-refractivity contribution in [3.63, 3.8) is 0 Å². The fourth-order valence-electron chi connectivity index (χ4n) is 5.11. The molecule has 0 radical (unpaired) electrons. The van der Waals surface area contributed by atoms with E-state index in [9.17, 15) is 9.59 Å². The number of benzene rings is 3. The highest BCUT2D eigenvalue weighted by molar-refractivity contribution is 5.80. The van der Waals surface area contributed by atoms with Gasteiger partial charge in [0.25, 0.3) is 5.56 Å². The fraction of sp³-hybridized carbons (Fsp3) is 0.200. The first-order valence-electron chi connectivity index (χ1n) is 13.3. The quantitative estimate of drug-likeness (QED) is 0.305. The molecule has 0 saturated heterocycles. The van der Waals surface area contributed by atoms with Gasteiger partial charge >= 0.3 is 5.69 Å². The van der Waals surface area contributed by atoms with Gasteiger partial charge in [-0.2, -0.15) is 0 Å². The van der Waals surface area contributed by atoms with Gasteiger partial charge in [0.15, 0.2) is 17.0 Å². The summed E-state index contributed by atoms with van der Waals surface area (Å²) >= 11 is 0. The lowest BCUT2D eigenvalue weighted by Crippen LogP contribution is -2.42. The number of fused-ring (bicyclic) bond motifs is 1. The molecule has 41 heavy (non-hydrogen) atoms. The minimum absolute atomic E-state index is 0.328. The number of nitrogens with one attached hydrogen (secondary N) is 1. The van der Waals surface area contributed by atoms with Crippen LogP contribution in [0.1, 0.15) is 31.5 Å². The van der Waals surface area contributed by atoms with E-state index in [-0.39, 0.29) is 0 Å². The summed E-state index contributed by atoms with van der Waals surface area (Å²) < 4.78 is 9.96. The van der Waals surface area contributed by atoms with Gasteiger partial charge in [-0.15, -0.1) is 5.10 Å². The number of nitrogens with zero attached hydrogens (tertiary/aromatic N) is 7. The van der Waals surface area contributed by atoms with Crippen molar-refractivity contribution in [2.24, 2.45) is 0 Å². The molecule has 1 unspecified atom stereocenters. The first kappa shape index (κ1) is 26.1. The molecule has 3 aromatic heterocycles. The summed E-state index contributed by atoms with van der Waals surface area (Å²) in [6, 6.07) is 25.2. The Balaban J connectivity index is 1.48. The van der Waals surface area contributed by atoms with Crippen LogP contribution in [0.3, 0.4) is 0 Å². The molecule has 206 valence electrons. The van der Waals surface area contributed by atoms with Crippen molar-refractivity contribution < 1.29 is 4.74 Å². The summed E-state index contributed by atoms with van der Waals surface area (Å²) in [6.07, 6.45) is -0.185. The molecule has 1 atom stereocenters. The maximum Gasteiger partial charge on any atom is 0.339 e. The number of rotatable bonds is 8. The van der Waals surface area contributed by atoms with Gasteiger partial charge in [-0.25, -0.2) is 24.0 Å². The van der Waals surface area contributed by atoms with Crippen molar-refractivity contribution in [3.8, 4) is 28.2 Å². The van der Waals surface area contributed by atoms with Crippen molar-refractivity contribution in [2.75, 3.05) is 7.11 Å². The summed E-state index contributed by atoms with van der Waals surface area (Å²) in [7, 11) is 1.47. The Morgan fingerprint density at radius 1 is 0.927 bits per heavy atom. The normalized spacial score (nSPS) is 12.2. The summed E-state index contributed by atoms with van der Waals surface area (Å²) in [5, 5.41) is 14.3. The predicted octanol–water partition coefficient (Wildman–Crippen LogP) is 3.97. The molecular formula is C30H28N8O3. The minimum Gasteiger partial charge on any atom is -0.361 e. The van der Waals surface area contributed by atoms with E-state index in [0.29, 0.717) is 41.5 Å². The molecule has 0 aliphatic rings. The molecule has 0 fully saturated rings. The maximum absolute atomic E-state index is 13.9. The average molecular weight is 549 g/mol. The van der Waals surface area contributed by atoms with E-state index in [1.807, 2.05) is 90.4 Å². The Labute approximate surface area is 234 Å². The zero-order chi connectivity index (χ0) is 28.5. The zero-order valence-corrected chi connectivity index (χ0v) is 22.9. The number of para-hydroxylation sites is 1.